The lowest BCUT2D eigenvalue weighted by Gasteiger charge is -2.15. The Kier molecular flexibility index (Phi) is 6.97. The van der Waals surface area contributed by atoms with Crippen LogP contribution in [0.25, 0.3) is 0 Å². The Bertz CT molecular complexity index is 1020. The van der Waals surface area contributed by atoms with Gasteiger partial charge in [0.2, 0.25) is 11.3 Å². The lowest BCUT2D eigenvalue weighted by atomic mass is 10.3. The maximum Gasteiger partial charge on any atom is 0.244 e. The molecular weight excluding hydrogens is 388 g/mol. The summed E-state index contributed by atoms with van der Waals surface area (Å²) in [6.07, 6.45) is 1.58. The summed E-state index contributed by atoms with van der Waals surface area (Å²) in [5.41, 5.74) is 1.21. The first-order valence-electron chi connectivity index (χ1n) is 8.98. The third-order valence-corrected chi connectivity index (χ3v) is 5.27. The van der Waals surface area contributed by atoms with Gasteiger partial charge in [-0.25, -0.2) is 0 Å². The predicted molar refractivity (Wildman–Crippen MR) is 115 cm³/mol. The van der Waals surface area contributed by atoms with Gasteiger partial charge in [0.25, 0.3) is 0 Å². The molecule has 0 spiro atoms. The van der Waals surface area contributed by atoms with E-state index >= 15 is 0 Å². The Balaban J connectivity index is 1.76. The molecule has 2 aromatic carbocycles. The zero-order chi connectivity index (χ0) is 20.6. The number of pyridine rings is 1. The van der Waals surface area contributed by atoms with Crippen LogP contribution in [0.3, 0.4) is 0 Å². The Morgan fingerprint density at radius 3 is 2.41 bits per heavy atom. The second-order valence-corrected chi connectivity index (χ2v) is 7.25. The van der Waals surface area contributed by atoms with E-state index in [0.29, 0.717) is 17.2 Å². The predicted octanol–water partition coefficient (Wildman–Crippen LogP) is 3.80. The summed E-state index contributed by atoms with van der Waals surface area (Å²) < 4.78 is 12.0. The second kappa shape index (κ2) is 9.84. The van der Waals surface area contributed by atoms with E-state index in [2.05, 4.69) is 5.32 Å². The van der Waals surface area contributed by atoms with Crippen molar-refractivity contribution in [3.8, 4) is 11.5 Å². The van der Waals surface area contributed by atoms with Crippen LogP contribution in [0.15, 0.2) is 76.6 Å². The van der Waals surface area contributed by atoms with Crippen molar-refractivity contribution >= 4 is 23.4 Å². The third kappa shape index (κ3) is 5.65. The molecule has 0 saturated heterocycles. The molecular formula is C22H22N2O4S. The summed E-state index contributed by atoms with van der Waals surface area (Å²) in [4.78, 5) is 25.9. The zero-order valence-corrected chi connectivity index (χ0v) is 17.1. The van der Waals surface area contributed by atoms with Gasteiger partial charge in [-0.3, -0.25) is 9.59 Å². The van der Waals surface area contributed by atoms with Crippen LogP contribution < -0.4 is 20.2 Å². The maximum atomic E-state index is 12.6. The third-order valence-electron chi connectivity index (χ3n) is 4.22. The smallest absolute Gasteiger partial charge is 0.244 e. The largest absolute Gasteiger partial charge is 0.497 e. The summed E-state index contributed by atoms with van der Waals surface area (Å²) in [6, 6.07) is 18.5. The SMILES string of the molecule is COc1ccc(NC(=O)Cn2cc(OC)c(=O)cc2CSc2ccccc2)cc1. The van der Waals surface area contributed by atoms with Crippen molar-refractivity contribution in [1.82, 2.24) is 4.57 Å². The molecule has 0 aliphatic carbocycles. The van der Waals surface area contributed by atoms with Crippen LogP contribution in [0.4, 0.5) is 5.69 Å². The van der Waals surface area contributed by atoms with E-state index in [1.807, 2.05) is 30.3 Å². The van der Waals surface area contributed by atoms with Crippen molar-refractivity contribution < 1.29 is 14.3 Å². The number of hydrogen-bond acceptors (Lipinski definition) is 5. The van der Waals surface area contributed by atoms with Crippen LogP contribution in [0, 0.1) is 0 Å². The fourth-order valence-electron chi connectivity index (χ4n) is 2.72. The number of nitrogens with zero attached hydrogens (tertiary/aromatic N) is 1. The van der Waals surface area contributed by atoms with E-state index in [1.165, 1.54) is 13.2 Å². The number of aromatic nitrogens is 1. The van der Waals surface area contributed by atoms with Crippen LogP contribution in [-0.4, -0.2) is 24.7 Å². The number of benzene rings is 2. The molecule has 0 atom stereocenters. The number of carbonyl (C=O) groups excluding carboxylic acids is 1. The number of hydrogen-bond donors (Lipinski definition) is 1. The minimum atomic E-state index is -0.206. The summed E-state index contributed by atoms with van der Waals surface area (Å²) in [5.74, 6) is 1.27. The average Bonchev–Trinajstić information content (AvgIpc) is 2.75. The number of rotatable bonds is 8. The molecule has 0 radical (unpaired) electrons. The molecule has 0 bridgehead atoms. The number of carbonyl (C=O) groups is 1. The van der Waals surface area contributed by atoms with E-state index in [0.717, 1.165) is 10.6 Å². The molecule has 3 rings (SSSR count). The molecule has 6 nitrogen and oxygen atoms in total. The molecule has 0 saturated carbocycles. The molecule has 7 heteroatoms. The maximum absolute atomic E-state index is 12.6. The number of thioether (sulfide) groups is 1. The molecule has 1 heterocycles. The number of nitrogens with one attached hydrogen (secondary N) is 1. The van der Waals surface area contributed by atoms with Crippen molar-refractivity contribution in [2.24, 2.45) is 0 Å². The van der Waals surface area contributed by atoms with Gasteiger partial charge in [-0.2, -0.15) is 0 Å². The van der Waals surface area contributed by atoms with Gasteiger partial charge < -0.3 is 19.4 Å². The minimum Gasteiger partial charge on any atom is -0.497 e. The van der Waals surface area contributed by atoms with Gasteiger partial charge in [-0.15, -0.1) is 11.8 Å². The number of ether oxygens (including phenoxy) is 2. The first-order chi connectivity index (χ1) is 14.1. The van der Waals surface area contributed by atoms with Crippen molar-refractivity contribution in [1.29, 1.82) is 0 Å². The lowest BCUT2D eigenvalue weighted by Crippen LogP contribution is -2.22. The molecule has 1 amide bonds. The van der Waals surface area contributed by atoms with Crippen LogP contribution in [0.1, 0.15) is 5.69 Å². The first-order valence-corrected chi connectivity index (χ1v) is 9.96. The molecule has 0 aliphatic rings. The van der Waals surface area contributed by atoms with E-state index in [1.54, 1.807) is 53.9 Å². The summed E-state index contributed by atoms with van der Waals surface area (Å²) >= 11 is 1.60. The lowest BCUT2D eigenvalue weighted by molar-refractivity contribution is -0.116. The molecule has 1 N–H and O–H groups in total. The Labute approximate surface area is 173 Å². The highest BCUT2D eigenvalue weighted by atomic mass is 32.2. The summed E-state index contributed by atoms with van der Waals surface area (Å²) in [6.45, 7) is 0.0628. The van der Waals surface area contributed by atoms with Gasteiger partial charge >= 0.3 is 0 Å². The highest BCUT2D eigenvalue weighted by Gasteiger charge is 2.11. The highest BCUT2D eigenvalue weighted by molar-refractivity contribution is 7.98. The normalized spacial score (nSPS) is 10.4. The topological polar surface area (TPSA) is 69.6 Å². The zero-order valence-electron chi connectivity index (χ0n) is 16.3. The standard InChI is InChI=1S/C22H22N2O4S/c1-27-18-10-8-16(9-11-18)23-22(26)14-24-13-21(28-2)20(25)12-17(24)15-29-19-6-4-3-5-7-19/h3-13H,14-15H2,1-2H3,(H,23,26). The average molecular weight is 410 g/mol. The molecule has 29 heavy (non-hydrogen) atoms. The monoisotopic (exact) mass is 410 g/mol. The van der Waals surface area contributed by atoms with E-state index in [-0.39, 0.29) is 23.6 Å². The Hall–Kier alpha value is -3.19. The first kappa shape index (κ1) is 20.5. The minimum absolute atomic E-state index is 0.0628. The molecule has 0 aliphatic heterocycles. The molecule has 0 unspecified atom stereocenters. The van der Waals surface area contributed by atoms with Gasteiger partial charge in [-0.05, 0) is 36.4 Å². The highest BCUT2D eigenvalue weighted by Crippen LogP contribution is 2.23. The Morgan fingerprint density at radius 2 is 1.76 bits per heavy atom. The number of amides is 1. The number of anilines is 1. The van der Waals surface area contributed by atoms with Crippen LogP contribution in [0.5, 0.6) is 11.5 Å². The summed E-state index contributed by atoms with van der Waals surface area (Å²) in [5, 5.41) is 2.85. The van der Waals surface area contributed by atoms with E-state index < -0.39 is 0 Å². The Morgan fingerprint density at radius 1 is 1.03 bits per heavy atom. The molecule has 1 aromatic heterocycles. The number of methoxy groups -OCH3 is 2. The van der Waals surface area contributed by atoms with Crippen molar-refractivity contribution in [3.63, 3.8) is 0 Å². The fraction of sp³-hybridized carbons (Fsp3) is 0.182. The van der Waals surface area contributed by atoms with E-state index in [4.69, 9.17) is 9.47 Å². The van der Waals surface area contributed by atoms with E-state index in [9.17, 15) is 9.59 Å². The molecule has 150 valence electrons. The van der Waals surface area contributed by atoms with Gasteiger partial charge in [-0.1, -0.05) is 18.2 Å². The fourth-order valence-corrected chi connectivity index (χ4v) is 3.64. The van der Waals surface area contributed by atoms with Crippen LogP contribution >= 0.6 is 11.8 Å². The van der Waals surface area contributed by atoms with Crippen molar-refractivity contribution in [3.05, 3.63) is 82.8 Å². The van der Waals surface area contributed by atoms with Gasteiger partial charge in [0.15, 0.2) is 5.75 Å². The van der Waals surface area contributed by atoms with Crippen LogP contribution in [-0.2, 0) is 17.1 Å². The second-order valence-electron chi connectivity index (χ2n) is 6.20. The van der Waals surface area contributed by atoms with Crippen molar-refractivity contribution in [2.45, 2.75) is 17.2 Å². The van der Waals surface area contributed by atoms with Gasteiger partial charge in [0.1, 0.15) is 12.3 Å². The quantitative estimate of drug-likeness (QED) is 0.572. The molecule has 3 aromatic rings. The van der Waals surface area contributed by atoms with Gasteiger partial charge in [0, 0.05) is 28.1 Å². The van der Waals surface area contributed by atoms with Crippen molar-refractivity contribution in [2.75, 3.05) is 19.5 Å². The van der Waals surface area contributed by atoms with Crippen LogP contribution in [0.2, 0.25) is 0 Å². The van der Waals surface area contributed by atoms with Gasteiger partial charge in [0.05, 0.1) is 20.4 Å². The molecule has 0 fully saturated rings. The summed E-state index contributed by atoms with van der Waals surface area (Å²) in [7, 11) is 3.03.